The molecule has 0 saturated carbocycles. The SMILES string of the molecule is CCCC[C@H](Sc1ccc(O)c(C)c1)c1ccc(-c2ccc(C(F)(F)F)cc2)cc1. The van der Waals surface area contributed by atoms with E-state index in [0.717, 1.165) is 53.0 Å². The Morgan fingerprint density at radius 3 is 2.03 bits per heavy atom. The van der Waals surface area contributed by atoms with Crippen molar-refractivity contribution >= 4 is 11.8 Å². The van der Waals surface area contributed by atoms with Gasteiger partial charge in [-0.05, 0) is 65.9 Å². The van der Waals surface area contributed by atoms with Gasteiger partial charge in [0.15, 0.2) is 0 Å². The third-order valence-electron chi connectivity index (χ3n) is 5.09. The molecule has 0 aliphatic heterocycles. The largest absolute Gasteiger partial charge is 0.508 e. The van der Waals surface area contributed by atoms with Crippen molar-refractivity contribution in [1.82, 2.24) is 0 Å². The smallest absolute Gasteiger partial charge is 0.416 e. The third-order valence-corrected chi connectivity index (χ3v) is 6.41. The van der Waals surface area contributed by atoms with E-state index in [1.165, 1.54) is 17.7 Å². The Hall–Kier alpha value is -2.40. The van der Waals surface area contributed by atoms with E-state index in [0.29, 0.717) is 5.75 Å². The van der Waals surface area contributed by atoms with Crippen LogP contribution in [0.25, 0.3) is 11.1 Å². The number of halogens is 3. The molecule has 158 valence electrons. The van der Waals surface area contributed by atoms with Crippen molar-refractivity contribution < 1.29 is 18.3 Å². The first-order valence-electron chi connectivity index (χ1n) is 10.0. The number of rotatable bonds is 7. The minimum Gasteiger partial charge on any atom is -0.508 e. The summed E-state index contributed by atoms with van der Waals surface area (Å²) in [5.41, 5.74) is 3.07. The second kappa shape index (κ2) is 9.61. The van der Waals surface area contributed by atoms with Crippen LogP contribution in [-0.4, -0.2) is 5.11 Å². The summed E-state index contributed by atoms with van der Waals surface area (Å²) < 4.78 is 38.3. The average Bonchev–Trinajstić information content (AvgIpc) is 2.73. The summed E-state index contributed by atoms with van der Waals surface area (Å²) in [6.07, 6.45) is -1.08. The molecule has 0 saturated heterocycles. The Labute approximate surface area is 180 Å². The highest BCUT2D eigenvalue weighted by atomic mass is 32.2. The highest BCUT2D eigenvalue weighted by Gasteiger charge is 2.29. The number of hydrogen-bond donors (Lipinski definition) is 1. The molecule has 0 spiro atoms. The van der Waals surface area contributed by atoms with E-state index in [1.54, 1.807) is 17.8 Å². The quantitative estimate of drug-likeness (QED) is 0.380. The fourth-order valence-electron chi connectivity index (χ4n) is 3.29. The van der Waals surface area contributed by atoms with Gasteiger partial charge in [-0.25, -0.2) is 0 Å². The summed E-state index contributed by atoms with van der Waals surface area (Å²) in [6, 6.07) is 19.0. The number of phenolic OH excluding ortho intramolecular Hbond substituents is 1. The van der Waals surface area contributed by atoms with E-state index >= 15 is 0 Å². The van der Waals surface area contributed by atoms with Crippen LogP contribution in [0.1, 0.15) is 48.1 Å². The van der Waals surface area contributed by atoms with Crippen LogP contribution in [-0.2, 0) is 6.18 Å². The number of unbranched alkanes of at least 4 members (excludes halogenated alkanes) is 1. The number of phenols is 1. The Kier molecular flexibility index (Phi) is 7.14. The molecule has 1 N–H and O–H groups in total. The van der Waals surface area contributed by atoms with Crippen molar-refractivity contribution in [3.05, 3.63) is 83.4 Å². The molecule has 0 aromatic heterocycles. The van der Waals surface area contributed by atoms with Gasteiger partial charge in [0.1, 0.15) is 5.75 Å². The fraction of sp³-hybridized carbons (Fsp3) is 0.280. The Bertz CT molecular complexity index is 963. The monoisotopic (exact) mass is 430 g/mol. The summed E-state index contributed by atoms with van der Waals surface area (Å²) in [6.45, 7) is 4.05. The van der Waals surface area contributed by atoms with Crippen LogP contribution in [0, 0.1) is 6.92 Å². The molecule has 0 heterocycles. The van der Waals surface area contributed by atoms with Crippen molar-refractivity contribution in [3.63, 3.8) is 0 Å². The molecule has 0 aliphatic rings. The molecule has 1 nitrogen and oxygen atoms in total. The van der Waals surface area contributed by atoms with Crippen molar-refractivity contribution in [2.45, 2.75) is 49.4 Å². The Balaban J connectivity index is 1.80. The van der Waals surface area contributed by atoms with Crippen molar-refractivity contribution in [2.75, 3.05) is 0 Å². The summed E-state index contributed by atoms with van der Waals surface area (Å²) in [5.74, 6) is 0.297. The van der Waals surface area contributed by atoms with Gasteiger partial charge in [-0.2, -0.15) is 13.2 Å². The lowest BCUT2D eigenvalue weighted by atomic mass is 10.00. The van der Waals surface area contributed by atoms with Gasteiger partial charge in [0.2, 0.25) is 0 Å². The maximum atomic E-state index is 12.8. The van der Waals surface area contributed by atoms with Crippen LogP contribution in [0.5, 0.6) is 5.75 Å². The second-order valence-corrected chi connectivity index (χ2v) is 8.67. The summed E-state index contributed by atoms with van der Waals surface area (Å²) in [5, 5.41) is 10.0. The fourth-order valence-corrected chi connectivity index (χ4v) is 4.59. The van der Waals surface area contributed by atoms with Crippen molar-refractivity contribution in [1.29, 1.82) is 0 Å². The van der Waals surface area contributed by atoms with E-state index in [2.05, 4.69) is 19.1 Å². The van der Waals surface area contributed by atoms with Gasteiger partial charge >= 0.3 is 6.18 Å². The van der Waals surface area contributed by atoms with Crippen molar-refractivity contribution in [3.8, 4) is 16.9 Å². The van der Waals surface area contributed by atoms with Gasteiger partial charge in [-0.1, -0.05) is 56.2 Å². The van der Waals surface area contributed by atoms with Gasteiger partial charge in [-0.3, -0.25) is 0 Å². The van der Waals surface area contributed by atoms with Crippen LogP contribution < -0.4 is 0 Å². The normalized spacial score (nSPS) is 12.7. The predicted molar refractivity (Wildman–Crippen MR) is 118 cm³/mol. The molecular formula is C25H25F3OS. The number of aromatic hydroxyl groups is 1. The minimum absolute atomic E-state index is 0.274. The van der Waals surface area contributed by atoms with Gasteiger partial charge in [0.25, 0.3) is 0 Å². The lowest BCUT2D eigenvalue weighted by Crippen LogP contribution is -2.03. The highest BCUT2D eigenvalue weighted by Crippen LogP contribution is 2.40. The van der Waals surface area contributed by atoms with Crippen LogP contribution in [0.4, 0.5) is 13.2 Å². The van der Waals surface area contributed by atoms with E-state index < -0.39 is 11.7 Å². The number of benzene rings is 3. The molecule has 0 radical (unpaired) electrons. The molecule has 3 rings (SSSR count). The molecule has 0 bridgehead atoms. The predicted octanol–water partition coefficient (Wildman–Crippen LogP) is 8.41. The second-order valence-electron chi connectivity index (χ2n) is 7.39. The van der Waals surface area contributed by atoms with E-state index in [9.17, 15) is 18.3 Å². The molecule has 0 unspecified atom stereocenters. The molecule has 30 heavy (non-hydrogen) atoms. The van der Waals surface area contributed by atoms with E-state index in [-0.39, 0.29) is 5.25 Å². The van der Waals surface area contributed by atoms with E-state index in [1.807, 2.05) is 31.2 Å². The first kappa shape index (κ1) is 22.3. The van der Waals surface area contributed by atoms with Crippen LogP contribution in [0.2, 0.25) is 0 Å². The number of aryl methyl sites for hydroxylation is 1. The molecule has 3 aromatic rings. The minimum atomic E-state index is -4.32. The number of alkyl halides is 3. The zero-order valence-electron chi connectivity index (χ0n) is 17.0. The van der Waals surface area contributed by atoms with Gasteiger partial charge in [-0.15, -0.1) is 11.8 Å². The summed E-state index contributed by atoms with van der Waals surface area (Å²) >= 11 is 1.77. The highest BCUT2D eigenvalue weighted by molar-refractivity contribution is 7.99. The van der Waals surface area contributed by atoms with Gasteiger partial charge in [0.05, 0.1) is 5.56 Å². The van der Waals surface area contributed by atoms with Gasteiger partial charge in [0, 0.05) is 10.1 Å². The summed E-state index contributed by atoms with van der Waals surface area (Å²) in [4.78, 5) is 1.11. The Morgan fingerprint density at radius 2 is 1.50 bits per heavy atom. The molecular weight excluding hydrogens is 405 g/mol. The maximum Gasteiger partial charge on any atom is 0.416 e. The molecule has 3 aromatic carbocycles. The van der Waals surface area contributed by atoms with Crippen LogP contribution >= 0.6 is 11.8 Å². The Morgan fingerprint density at radius 1 is 0.900 bits per heavy atom. The summed E-state index contributed by atoms with van der Waals surface area (Å²) in [7, 11) is 0. The van der Waals surface area contributed by atoms with Gasteiger partial charge < -0.3 is 5.11 Å². The third kappa shape index (κ3) is 5.60. The lowest BCUT2D eigenvalue weighted by molar-refractivity contribution is -0.137. The molecule has 0 aliphatic carbocycles. The zero-order chi connectivity index (χ0) is 21.7. The van der Waals surface area contributed by atoms with E-state index in [4.69, 9.17) is 0 Å². The van der Waals surface area contributed by atoms with Crippen LogP contribution in [0.3, 0.4) is 0 Å². The zero-order valence-corrected chi connectivity index (χ0v) is 17.9. The average molecular weight is 431 g/mol. The molecule has 5 heteroatoms. The topological polar surface area (TPSA) is 20.2 Å². The molecule has 1 atom stereocenters. The number of thioether (sulfide) groups is 1. The van der Waals surface area contributed by atoms with Crippen molar-refractivity contribution in [2.24, 2.45) is 0 Å². The molecule has 0 fully saturated rings. The maximum absolute atomic E-state index is 12.8. The lowest BCUT2D eigenvalue weighted by Gasteiger charge is -2.18. The first-order chi connectivity index (χ1) is 14.3. The van der Waals surface area contributed by atoms with Crippen LogP contribution in [0.15, 0.2) is 71.6 Å². The number of hydrogen-bond acceptors (Lipinski definition) is 2. The first-order valence-corrected chi connectivity index (χ1v) is 10.9. The molecule has 0 amide bonds. The standard InChI is InChI=1S/C25H25F3OS/c1-3-4-5-24(30-22-14-15-23(29)17(2)16-22)20-8-6-18(7-9-20)19-10-12-21(13-11-19)25(26,27)28/h6-16,24,29H,3-5H2,1-2H3/t24-/m0/s1.